The zero-order chi connectivity index (χ0) is 15.2. The molecule has 0 fully saturated rings. The molecule has 0 aliphatic heterocycles. The second-order valence-corrected chi connectivity index (χ2v) is 5.57. The summed E-state index contributed by atoms with van der Waals surface area (Å²) in [5.41, 5.74) is 2.13. The number of benzene rings is 2. The van der Waals surface area contributed by atoms with Gasteiger partial charge < -0.3 is 10.1 Å². The maximum atomic E-state index is 13.0. The SMILES string of the molecule is CC(C)Oc1ccc(CNCc2ccc(F)c(Cl)c2)cc1. The Balaban J connectivity index is 1.84. The average molecular weight is 308 g/mol. The van der Waals surface area contributed by atoms with Crippen LogP contribution in [0.15, 0.2) is 42.5 Å². The first-order chi connectivity index (χ1) is 10.0. The van der Waals surface area contributed by atoms with E-state index in [0.717, 1.165) is 17.9 Å². The maximum absolute atomic E-state index is 13.0. The van der Waals surface area contributed by atoms with E-state index in [9.17, 15) is 4.39 Å². The summed E-state index contributed by atoms with van der Waals surface area (Å²) in [5.74, 6) is 0.486. The molecule has 2 aromatic rings. The van der Waals surface area contributed by atoms with Crippen LogP contribution in [0.25, 0.3) is 0 Å². The van der Waals surface area contributed by atoms with Crippen LogP contribution in [0.1, 0.15) is 25.0 Å². The van der Waals surface area contributed by atoms with Crippen molar-refractivity contribution in [2.45, 2.75) is 33.0 Å². The fraction of sp³-hybridized carbons (Fsp3) is 0.294. The van der Waals surface area contributed by atoms with Gasteiger partial charge in [0.15, 0.2) is 0 Å². The summed E-state index contributed by atoms with van der Waals surface area (Å²) >= 11 is 5.75. The minimum Gasteiger partial charge on any atom is -0.491 e. The Bertz CT molecular complexity index is 584. The molecular weight excluding hydrogens is 289 g/mol. The number of hydrogen-bond acceptors (Lipinski definition) is 2. The van der Waals surface area contributed by atoms with Crippen molar-refractivity contribution in [3.8, 4) is 5.75 Å². The third-order valence-electron chi connectivity index (χ3n) is 2.94. The highest BCUT2D eigenvalue weighted by Crippen LogP contribution is 2.16. The van der Waals surface area contributed by atoms with Gasteiger partial charge in [0.1, 0.15) is 11.6 Å². The van der Waals surface area contributed by atoms with Crippen LogP contribution < -0.4 is 10.1 Å². The second kappa shape index (κ2) is 7.43. The molecule has 2 rings (SSSR count). The van der Waals surface area contributed by atoms with Gasteiger partial charge in [-0.3, -0.25) is 0 Å². The second-order valence-electron chi connectivity index (χ2n) is 5.16. The van der Waals surface area contributed by atoms with E-state index >= 15 is 0 Å². The van der Waals surface area contributed by atoms with Gasteiger partial charge in [-0.15, -0.1) is 0 Å². The molecule has 112 valence electrons. The number of halogens is 2. The molecule has 0 radical (unpaired) electrons. The summed E-state index contributed by atoms with van der Waals surface area (Å²) in [6, 6.07) is 12.7. The minimum atomic E-state index is -0.388. The van der Waals surface area contributed by atoms with Gasteiger partial charge in [-0.25, -0.2) is 4.39 Å². The quantitative estimate of drug-likeness (QED) is 0.845. The Hall–Kier alpha value is -1.58. The number of hydrogen-bond donors (Lipinski definition) is 1. The summed E-state index contributed by atoms with van der Waals surface area (Å²) in [7, 11) is 0. The standard InChI is InChI=1S/C17H19ClFNO/c1-12(2)21-15-6-3-13(4-7-15)10-20-11-14-5-8-17(19)16(18)9-14/h3-9,12,20H,10-11H2,1-2H3. The number of ether oxygens (including phenoxy) is 1. The van der Waals surface area contributed by atoms with Crippen molar-refractivity contribution in [2.24, 2.45) is 0 Å². The predicted molar refractivity (Wildman–Crippen MR) is 84.2 cm³/mol. The normalized spacial score (nSPS) is 10.9. The Morgan fingerprint density at radius 1 is 1.05 bits per heavy atom. The molecule has 0 atom stereocenters. The van der Waals surface area contributed by atoms with Crippen LogP contribution in [0.3, 0.4) is 0 Å². The molecule has 0 aromatic heterocycles. The molecule has 0 spiro atoms. The summed E-state index contributed by atoms with van der Waals surface area (Å²) in [6.45, 7) is 5.38. The summed E-state index contributed by atoms with van der Waals surface area (Å²) in [5, 5.41) is 3.46. The van der Waals surface area contributed by atoms with Gasteiger partial charge in [0.2, 0.25) is 0 Å². The van der Waals surface area contributed by atoms with E-state index in [4.69, 9.17) is 16.3 Å². The molecule has 0 saturated heterocycles. The summed E-state index contributed by atoms with van der Waals surface area (Å²) < 4.78 is 18.6. The van der Waals surface area contributed by atoms with Gasteiger partial charge in [-0.1, -0.05) is 29.8 Å². The largest absolute Gasteiger partial charge is 0.491 e. The Morgan fingerprint density at radius 2 is 1.67 bits per heavy atom. The lowest BCUT2D eigenvalue weighted by molar-refractivity contribution is 0.242. The third kappa shape index (κ3) is 5.03. The van der Waals surface area contributed by atoms with Gasteiger partial charge in [0.05, 0.1) is 11.1 Å². The Morgan fingerprint density at radius 3 is 2.29 bits per heavy atom. The predicted octanol–water partition coefficient (Wildman–Crippen LogP) is 4.56. The lowest BCUT2D eigenvalue weighted by Gasteiger charge is -2.10. The van der Waals surface area contributed by atoms with Crippen LogP contribution in [0, 0.1) is 5.82 Å². The van der Waals surface area contributed by atoms with Gasteiger partial charge >= 0.3 is 0 Å². The van der Waals surface area contributed by atoms with E-state index in [1.54, 1.807) is 12.1 Å². The van der Waals surface area contributed by atoms with E-state index in [1.165, 1.54) is 11.6 Å². The lowest BCUT2D eigenvalue weighted by Crippen LogP contribution is -2.12. The minimum absolute atomic E-state index is 0.157. The van der Waals surface area contributed by atoms with Crippen molar-refractivity contribution < 1.29 is 9.13 Å². The smallest absolute Gasteiger partial charge is 0.141 e. The molecule has 0 aliphatic carbocycles. The summed E-state index contributed by atoms with van der Waals surface area (Å²) in [4.78, 5) is 0. The molecule has 1 N–H and O–H groups in total. The molecule has 0 saturated carbocycles. The van der Waals surface area contributed by atoms with Gasteiger partial charge in [0.25, 0.3) is 0 Å². The van der Waals surface area contributed by atoms with E-state index in [1.807, 2.05) is 38.1 Å². The first-order valence-electron chi connectivity index (χ1n) is 6.95. The molecule has 0 bridgehead atoms. The molecule has 0 unspecified atom stereocenters. The van der Waals surface area contributed by atoms with Crippen molar-refractivity contribution in [1.82, 2.24) is 5.32 Å². The van der Waals surface area contributed by atoms with Crippen LogP contribution >= 0.6 is 11.6 Å². The molecular formula is C17H19ClFNO. The number of nitrogens with one attached hydrogen (secondary N) is 1. The third-order valence-corrected chi connectivity index (χ3v) is 3.23. The van der Waals surface area contributed by atoms with Crippen molar-refractivity contribution in [2.75, 3.05) is 0 Å². The zero-order valence-electron chi connectivity index (χ0n) is 12.2. The Kier molecular flexibility index (Phi) is 5.59. The first kappa shape index (κ1) is 15.8. The highest BCUT2D eigenvalue weighted by Gasteiger charge is 2.01. The molecule has 0 amide bonds. The molecule has 2 nitrogen and oxygen atoms in total. The van der Waals surface area contributed by atoms with Crippen LogP contribution in [-0.4, -0.2) is 6.10 Å². The highest BCUT2D eigenvalue weighted by molar-refractivity contribution is 6.30. The zero-order valence-corrected chi connectivity index (χ0v) is 13.0. The van der Waals surface area contributed by atoms with Gasteiger partial charge in [0, 0.05) is 13.1 Å². The molecule has 21 heavy (non-hydrogen) atoms. The monoisotopic (exact) mass is 307 g/mol. The van der Waals surface area contributed by atoms with Crippen LogP contribution in [0.2, 0.25) is 5.02 Å². The molecule has 2 aromatic carbocycles. The van der Waals surface area contributed by atoms with Crippen LogP contribution in [-0.2, 0) is 13.1 Å². The number of rotatable bonds is 6. The van der Waals surface area contributed by atoms with Gasteiger partial charge in [-0.05, 0) is 49.2 Å². The van der Waals surface area contributed by atoms with Gasteiger partial charge in [-0.2, -0.15) is 0 Å². The van der Waals surface area contributed by atoms with Crippen molar-refractivity contribution >= 4 is 11.6 Å². The molecule has 4 heteroatoms. The van der Waals surface area contributed by atoms with E-state index in [0.29, 0.717) is 6.54 Å². The van der Waals surface area contributed by atoms with Crippen LogP contribution in [0.4, 0.5) is 4.39 Å². The average Bonchev–Trinajstić information content (AvgIpc) is 2.44. The highest BCUT2D eigenvalue weighted by atomic mass is 35.5. The van der Waals surface area contributed by atoms with Crippen molar-refractivity contribution in [3.63, 3.8) is 0 Å². The Labute approximate surface area is 129 Å². The lowest BCUT2D eigenvalue weighted by atomic mass is 10.2. The topological polar surface area (TPSA) is 21.3 Å². The van der Waals surface area contributed by atoms with E-state index in [2.05, 4.69) is 5.32 Å². The fourth-order valence-corrected chi connectivity index (χ4v) is 2.16. The maximum Gasteiger partial charge on any atom is 0.141 e. The first-order valence-corrected chi connectivity index (χ1v) is 7.32. The van der Waals surface area contributed by atoms with Crippen molar-refractivity contribution in [3.05, 3.63) is 64.4 Å². The molecule has 0 aliphatic rings. The summed E-state index contributed by atoms with van der Waals surface area (Å²) in [6.07, 6.45) is 0.178. The fourth-order valence-electron chi connectivity index (χ4n) is 1.96. The molecule has 0 heterocycles. The van der Waals surface area contributed by atoms with E-state index < -0.39 is 0 Å². The van der Waals surface area contributed by atoms with Crippen LogP contribution in [0.5, 0.6) is 5.75 Å². The van der Waals surface area contributed by atoms with Crippen molar-refractivity contribution in [1.29, 1.82) is 0 Å². The van der Waals surface area contributed by atoms with E-state index in [-0.39, 0.29) is 16.9 Å².